The molecule has 0 atom stereocenters. The van der Waals surface area contributed by atoms with Crippen LogP contribution in [0.25, 0.3) is 0 Å². The van der Waals surface area contributed by atoms with Crippen LogP contribution in [0.5, 0.6) is 23.0 Å². The second-order valence-corrected chi connectivity index (χ2v) is 7.30. The SMILES string of the molecule is COc1ccc(OCCOc2c(CCN)cccc2OC)c(C(C)(C)C)c1. The van der Waals surface area contributed by atoms with Gasteiger partial charge in [-0.25, -0.2) is 0 Å². The van der Waals surface area contributed by atoms with Gasteiger partial charge in [-0.15, -0.1) is 0 Å². The van der Waals surface area contributed by atoms with Gasteiger partial charge in [-0.3, -0.25) is 0 Å². The molecule has 0 amide bonds. The van der Waals surface area contributed by atoms with Crippen molar-refractivity contribution in [3.05, 3.63) is 47.5 Å². The predicted molar refractivity (Wildman–Crippen MR) is 108 cm³/mol. The first-order valence-electron chi connectivity index (χ1n) is 9.20. The van der Waals surface area contributed by atoms with Gasteiger partial charge in [0, 0.05) is 5.56 Å². The van der Waals surface area contributed by atoms with E-state index in [0.717, 1.165) is 34.8 Å². The van der Waals surface area contributed by atoms with Gasteiger partial charge in [0.05, 0.1) is 14.2 Å². The highest BCUT2D eigenvalue weighted by Gasteiger charge is 2.20. The molecule has 0 heterocycles. The van der Waals surface area contributed by atoms with Crippen molar-refractivity contribution in [3.8, 4) is 23.0 Å². The first-order valence-corrected chi connectivity index (χ1v) is 9.20. The van der Waals surface area contributed by atoms with Crippen molar-refractivity contribution in [3.63, 3.8) is 0 Å². The fourth-order valence-electron chi connectivity index (χ4n) is 2.88. The molecule has 148 valence electrons. The fraction of sp³-hybridized carbons (Fsp3) is 0.455. The Morgan fingerprint density at radius 1 is 0.889 bits per heavy atom. The van der Waals surface area contributed by atoms with Crippen LogP contribution in [0, 0.1) is 0 Å². The molecule has 0 bridgehead atoms. The van der Waals surface area contributed by atoms with Gasteiger partial charge in [0.15, 0.2) is 11.5 Å². The molecule has 0 radical (unpaired) electrons. The molecule has 5 nitrogen and oxygen atoms in total. The average molecular weight is 373 g/mol. The number of para-hydroxylation sites is 1. The van der Waals surface area contributed by atoms with E-state index in [2.05, 4.69) is 20.8 Å². The van der Waals surface area contributed by atoms with Gasteiger partial charge in [0.25, 0.3) is 0 Å². The minimum Gasteiger partial charge on any atom is -0.497 e. The molecule has 0 aliphatic heterocycles. The Morgan fingerprint density at radius 2 is 1.63 bits per heavy atom. The minimum atomic E-state index is -0.0539. The zero-order valence-corrected chi connectivity index (χ0v) is 17.0. The van der Waals surface area contributed by atoms with Crippen molar-refractivity contribution in [2.45, 2.75) is 32.6 Å². The number of hydrogen-bond acceptors (Lipinski definition) is 5. The summed E-state index contributed by atoms with van der Waals surface area (Å²) >= 11 is 0. The molecular formula is C22H31NO4. The van der Waals surface area contributed by atoms with E-state index in [9.17, 15) is 0 Å². The summed E-state index contributed by atoms with van der Waals surface area (Å²) in [5, 5.41) is 0. The molecule has 27 heavy (non-hydrogen) atoms. The van der Waals surface area contributed by atoms with Gasteiger partial charge in [0.2, 0.25) is 0 Å². The Labute approximate surface area is 162 Å². The summed E-state index contributed by atoms with van der Waals surface area (Å²) in [4.78, 5) is 0. The monoisotopic (exact) mass is 373 g/mol. The first kappa shape index (κ1) is 20.9. The molecule has 0 saturated carbocycles. The lowest BCUT2D eigenvalue weighted by atomic mass is 9.86. The van der Waals surface area contributed by atoms with Crippen LogP contribution in [0.2, 0.25) is 0 Å². The Hall–Kier alpha value is -2.40. The Kier molecular flexibility index (Phi) is 7.36. The van der Waals surface area contributed by atoms with Crippen LogP contribution in [0.15, 0.2) is 36.4 Å². The molecule has 0 aliphatic carbocycles. The maximum Gasteiger partial charge on any atom is 0.164 e. The van der Waals surface area contributed by atoms with E-state index in [4.69, 9.17) is 24.7 Å². The van der Waals surface area contributed by atoms with E-state index >= 15 is 0 Å². The lowest BCUT2D eigenvalue weighted by Gasteiger charge is -2.23. The van der Waals surface area contributed by atoms with Crippen molar-refractivity contribution in [2.75, 3.05) is 34.0 Å². The highest BCUT2D eigenvalue weighted by molar-refractivity contribution is 5.47. The molecular weight excluding hydrogens is 342 g/mol. The number of rotatable bonds is 9. The van der Waals surface area contributed by atoms with Crippen molar-refractivity contribution in [1.82, 2.24) is 0 Å². The first-order chi connectivity index (χ1) is 12.9. The largest absolute Gasteiger partial charge is 0.497 e. The van der Waals surface area contributed by atoms with E-state index in [0.29, 0.717) is 25.5 Å². The molecule has 2 aromatic carbocycles. The summed E-state index contributed by atoms with van der Waals surface area (Å²) in [5.41, 5.74) is 7.79. The smallest absolute Gasteiger partial charge is 0.164 e. The van der Waals surface area contributed by atoms with E-state index in [1.54, 1.807) is 14.2 Å². The maximum absolute atomic E-state index is 6.01. The van der Waals surface area contributed by atoms with Crippen molar-refractivity contribution in [2.24, 2.45) is 5.73 Å². The highest BCUT2D eigenvalue weighted by atomic mass is 16.5. The van der Waals surface area contributed by atoms with Crippen molar-refractivity contribution in [1.29, 1.82) is 0 Å². The second-order valence-electron chi connectivity index (χ2n) is 7.30. The molecule has 0 unspecified atom stereocenters. The third kappa shape index (κ3) is 5.54. The summed E-state index contributed by atoms with van der Waals surface area (Å²) in [6.45, 7) is 7.85. The van der Waals surface area contributed by atoms with Crippen LogP contribution in [0.1, 0.15) is 31.9 Å². The lowest BCUT2D eigenvalue weighted by molar-refractivity contribution is 0.207. The summed E-state index contributed by atoms with van der Waals surface area (Å²) in [6, 6.07) is 11.7. The summed E-state index contributed by atoms with van der Waals surface area (Å²) < 4.78 is 22.7. The topological polar surface area (TPSA) is 62.9 Å². The van der Waals surface area contributed by atoms with Crippen LogP contribution in [0.4, 0.5) is 0 Å². The van der Waals surface area contributed by atoms with Gasteiger partial charge < -0.3 is 24.7 Å². The van der Waals surface area contributed by atoms with Gasteiger partial charge >= 0.3 is 0 Å². The van der Waals surface area contributed by atoms with Gasteiger partial charge in [-0.1, -0.05) is 32.9 Å². The van der Waals surface area contributed by atoms with Crippen LogP contribution in [0.3, 0.4) is 0 Å². The summed E-state index contributed by atoms with van der Waals surface area (Å²) in [6.07, 6.45) is 0.736. The fourth-order valence-corrected chi connectivity index (χ4v) is 2.88. The highest BCUT2D eigenvalue weighted by Crippen LogP contribution is 2.35. The zero-order chi connectivity index (χ0) is 19.9. The van der Waals surface area contributed by atoms with Crippen LogP contribution < -0.4 is 24.7 Å². The molecule has 2 N–H and O–H groups in total. The Morgan fingerprint density at radius 3 is 2.26 bits per heavy atom. The second kappa shape index (κ2) is 9.51. The van der Waals surface area contributed by atoms with E-state index < -0.39 is 0 Å². The van der Waals surface area contributed by atoms with E-state index in [1.165, 1.54) is 0 Å². The van der Waals surface area contributed by atoms with Crippen LogP contribution >= 0.6 is 0 Å². The Balaban J connectivity index is 2.06. The number of hydrogen-bond donors (Lipinski definition) is 1. The third-order valence-corrected chi connectivity index (χ3v) is 4.28. The number of ether oxygens (including phenoxy) is 4. The molecule has 0 aromatic heterocycles. The van der Waals surface area contributed by atoms with Gasteiger partial charge in [-0.2, -0.15) is 0 Å². The molecule has 0 aliphatic rings. The predicted octanol–water partition coefficient (Wildman–Crippen LogP) is 3.96. The molecule has 0 spiro atoms. The molecule has 5 heteroatoms. The quantitative estimate of drug-likeness (QED) is 0.674. The van der Waals surface area contributed by atoms with Crippen LogP contribution in [-0.4, -0.2) is 34.0 Å². The molecule has 0 saturated heterocycles. The van der Waals surface area contributed by atoms with Gasteiger partial charge in [0.1, 0.15) is 24.7 Å². The summed E-state index contributed by atoms with van der Waals surface area (Å²) in [5.74, 6) is 3.11. The third-order valence-electron chi connectivity index (χ3n) is 4.28. The molecule has 2 rings (SSSR count). The zero-order valence-electron chi connectivity index (χ0n) is 17.0. The van der Waals surface area contributed by atoms with Gasteiger partial charge in [-0.05, 0) is 48.2 Å². The van der Waals surface area contributed by atoms with E-state index in [-0.39, 0.29) is 5.41 Å². The van der Waals surface area contributed by atoms with Crippen LogP contribution in [-0.2, 0) is 11.8 Å². The molecule has 2 aromatic rings. The van der Waals surface area contributed by atoms with Crippen molar-refractivity contribution >= 4 is 0 Å². The number of benzene rings is 2. The standard InChI is InChI=1S/C22H31NO4/c1-22(2,3)18-15-17(24-4)9-10-19(18)26-13-14-27-21-16(11-12-23)7-6-8-20(21)25-5/h6-10,15H,11-14,23H2,1-5H3. The minimum absolute atomic E-state index is 0.0539. The summed E-state index contributed by atoms with van der Waals surface area (Å²) in [7, 11) is 3.31. The Bertz CT molecular complexity index is 738. The van der Waals surface area contributed by atoms with Crippen molar-refractivity contribution < 1.29 is 18.9 Å². The number of methoxy groups -OCH3 is 2. The lowest BCUT2D eigenvalue weighted by Crippen LogP contribution is -2.16. The molecule has 0 fully saturated rings. The average Bonchev–Trinajstić information content (AvgIpc) is 2.65. The number of nitrogens with two attached hydrogens (primary N) is 1. The van der Waals surface area contributed by atoms with E-state index in [1.807, 2.05) is 36.4 Å². The maximum atomic E-state index is 6.01. The normalized spacial score (nSPS) is 11.2.